The summed E-state index contributed by atoms with van der Waals surface area (Å²) in [4.78, 5) is 27.2. The highest BCUT2D eigenvalue weighted by atomic mass is 16.5. The van der Waals surface area contributed by atoms with Crippen LogP contribution in [0.15, 0.2) is 36.5 Å². The molecular weight excluding hydrogens is 260 g/mol. The first-order valence-corrected chi connectivity index (χ1v) is 6.00. The van der Waals surface area contributed by atoms with Crippen molar-refractivity contribution in [2.45, 2.75) is 6.04 Å². The Balaban J connectivity index is 2.29. The Hall–Kier alpha value is -2.47. The van der Waals surface area contributed by atoms with Crippen molar-refractivity contribution in [2.75, 3.05) is 13.7 Å². The number of fused-ring (bicyclic) bond motifs is 1. The van der Waals surface area contributed by atoms with E-state index in [-0.39, 0.29) is 12.3 Å². The summed E-state index contributed by atoms with van der Waals surface area (Å²) in [5.74, 6) is -1.69. The van der Waals surface area contributed by atoms with Gasteiger partial charge in [-0.25, -0.2) is 4.79 Å². The molecule has 0 bridgehead atoms. The molecule has 0 spiro atoms. The number of aromatic nitrogens is 1. The van der Waals surface area contributed by atoms with Crippen LogP contribution in [0.4, 0.5) is 0 Å². The van der Waals surface area contributed by atoms with Gasteiger partial charge in [-0.15, -0.1) is 0 Å². The number of nitrogens with one attached hydrogen (secondary N) is 1. The number of benzene rings is 1. The second kappa shape index (κ2) is 6.12. The zero-order chi connectivity index (χ0) is 14.5. The predicted molar refractivity (Wildman–Crippen MR) is 72.5 cm³/mol. The summed E-state index contributed by atoms with van der Waals surface area (Å²) >= 11 is 0. The summed E-state index contributed by atoms with van der Waals surface area (Å²) in [6.45, 7) is -0.105. The Kier molecular flexibility index (Phi) is 4.27. The minimum absolute atomic E-state index is 0.105. The lowest BCUT2D eigenvalue weighted by Gasteiger charge is -2.13. The Labute approximate surface area is 115 Å². The Morgan fingerprint density at radius 2 is 2.10 bits per heavy atom. The minimum atomic E-state index is -1.15. The molecule has 0 radical (unpaired) electrons. The van der Waals surface area contributed by atoms with E-state index in [1.165, 1.54) is 13.3 Å². The highest BCUT2D eigenvalue weighted by Gasteiger charge is 2.22. The first-order valence-electron chi connectivity index (χ1n) is 6.00. The summed E-state index contributed by atoms with van der Waals surface area (Å²) in [6.07, 6.45) is 1.52. The van der Waals surface area contributed by atoms with Crippen molar-refractivity contribution >= 4 is 22.6 Å². The molecule has 1 aromatic heterocycles. The van der Waals surface area contributed by atoms with Gasteiger partial charge in [0.25, 0.3) is 5.91 Å². The number of hydrogen-bond acceptors (Lipinski definition) is 4. The molecule has 0 aliphatic rings. The number of aliphatic carboxylic acids is 1. The van der Waals surface area contributed by atoms with Gasteiger partial charge in [0.05, 0.1) is 6.61 Å². The first-order chi connectivity index (χ1) is 9.63. The van der Waals surface area contributed by atoms with E-state index in [0.29, 0.717) is 5.39 Å². The number of carboxylic acid groups (broad SMARTS) is 1. The monoisotopic (exact) mass is 274 g/mol. The number of carbonyl (C=O) groups excluding carboxylic acids is 1. The fourth-order valence-corrected chi connectivity index (χ4v) is 1.87. The number of carbonyl (C=O) groups is 2. The predicted octanol–water partition coefficient (Wildman–Crippen LogP) is 1.06. The van der Waals surface area contributed by atoms with Crippen LogP contribution in [0.3, 0.4) is 0 Å². The lowest BCUT2D eigenvalue weighted by Crippen LogP contribution is -2.44. The number of ether oxygens (including phenoxy) is 1. The van der Waals surface area contributed by atoms with Crippen molar-refractivity contribution in [3.05, 3.63) is 42.2 Å². The number of carboxylic acids is 1. The molecule has 0 fully saturated rings. The molecule has 1 heterocycles. The normalized spacial score (nSPS) is 12.1. The molecule has 0 saturated carbocycles. The Bertz CT molecular complexity index is 637. The smallest absolute Gasteiger partial charge is 0.328 e. The van der Waals surface area contributed by atoms with Gasteiger partial charge in [0, 0.05) is 18.7 Å². The molecule has 2 aromatic rings. The van der Waals surface area contributed by atoms with Gasteiger partial charge in [0.2, 0.25) is 0 Å². The van der Waals surface area contributed by atoms with Crippen molar-refractivity contribution in [3.63, 3.8) is 0 Å². The van der Waals surface area contributed by atoms with Crippen molar-refractivity contribution in [2.24, 2.45) is 0 Å². The zero-order valence-electron chi connectivity index (χ0n) is 10.9. The molecule has 1 aromatic carbocycles. The van der Waals surface area contributed by atoms with E-state index < -0.39 is 17.9 Å². The third-order valence-corrected chi connectivity index (χ3v) is 2.83. The fraction of sp³-hybridized carbons (Fsp3) is 0.214. The zero-order valence-corrected chi connectivity index (χ0v) is 10.9. The molecule has 0 saturated heterocycles. The standard InChI is InChI=1S/C14H14N2O4/c1-20-8-11(14(18)19)16-13(17)12-10-5-3-2-4-9(10)6-7-15-12/h2-7,11H,8H2,1H3,(H,16,17)(H,18,19). The van der Waals surface area contributed by atoms with Crippen molar-refractivity contribution in [3.8, 4) is 0 Å². The molecular formula is C14H14N2O4. The first kappa shape index (κ1) is 14.0. The van der Waals surface area contributed by atoms with Gasteiger partial charge in [0.15, 0.2) is 6.04 Å². The third-order valence-electron chi connectivity index (χ3n) is 2.83. The average molecular weight is 274 g/mol. The van der Waals surface area contributed by atoms with Crippen LogP contribution in [0.1, 0.15) is 10.5 Å². The topological polar surface area (TPSA) is 88.5 Å². The molecule has 104 valence electrons. The average Bonchev–Trinajstić information content (AvgIpc) is 2.46. The van der Waals surface area contributed by atoms with E-state index in [9.17, 15) is 9.59 Å². The van der Waals surface area contributed by atoms with Crippen LogP contribution in [0.25, 0.3) is 10.8 Å². The molecule has 6 nitrogen and oxygen atoms in total. The lowest BCUT2D eigenvalue weighted by atomic mass is 10.1. The van der Waals surface area contributed by atoms with Gasteiger partial charge in [-0.05, 0) is 11.5 Å². The third kappa shape index (κ3) is 2.92. The van der Waals surface area contributed by atoms with Gasteiger partial charge in [0.1, 0.15) is 5.69 Å². The number of hydrogen-bond donors (Lipinski definition) is 2. The molecule has 1 atom stereocenters. The quantitative estimate of drug-likeness (QED) is 0.851. The summed E-state index contributed by atoms with van der Waals surface area (Å²) in [5, 5.41) is 12.9. The molecule has 2 rings (SSSR count). The van der Waals surface area contributed by atoms with Gasteiger partial charge in [-0.2, -0.15) is 0 Å². The number of rotatable bonds is 5. The SMILES string of the molecule is COCC(NC(=O)c1nccc2ccccc12)C(=O)O. The van der Waals surface area contributed by atoms with Crippen LogP contribution in [0.2, 0.25) is 0 Å². The number of amides is 1. The fourth-order valence-electron chi connectivity index (χ4n) is 1.87. The lowest BCUT2D eigenvalue weighted by molar-refractivity contribution is -0.140. The maximum absolute atomic E-state index is 12.2. The van der Waals surface area contributed by atoms with E-state index in [2.05, 4.69) is 10.3 Å². The van der Waals surface area contributed by atoms with E-state index in [0.717, 1.165) is 5.39 Å². The number of nitrogens with zero attached hydrogens (tertiary/aromatic N) is 1. The Morgan fingerprint density at radius 1 is 1.35 bits per heavy atom. The van der Waals surface area contributed by atoms with Crippen molar-refractivity contribution in [1.82, 2.24) is 10.3 Å². The van der Waals surface area contributed by atoms with E-state index >= 15 is 0 Å². The highest BCUT2D eigenvalue weighted by molar-refractivity contribution is 6.06. The van der Waals surface area contributed by atoms with E-state index in [1.54, 1.807) is 18.2 Å². The highest BCUT2D eigenvalue weighted by Crippen LogP contribution is 2.16. The maximum Gasteiger partial charge on any atom is 0.328 e. The van der Waals surface area contributed by atoms with Gasteiger partial charge < -0.3 is 15.2 Å². The van der Waals surface area contributed by atoms with Crippen LogP contribution in [0, 0.1) is 0 Å². The molecule has 20 heavy (non-hydrogen) atoms. The molecule has 0 aliphatic carbocycles. The summed E-state index contributed by atoms with van der Waals surface area (Å²) in [7, 11) is 1.37. The molecule has 0 aliphatic heterocycles. The largest absolute Gasteiger partial charge is 0.480 e. The summed E-state index contributed by atoms with van der Waals surface area (Å²) < 4.78 is 4.77. The van der Waals surface area contributed by atoms with E-state index in [4.69, 9.17) is 9.84 Å². The van der Waals surface area contributed by atoms with Gasteiger partial charge >= 0.3 is 5.97 Å². The summed E-state index contributed by atoms with van der Waals surface area (Å²) in [6, 6.07) is 7.96. The van der Waals surface area contributed by atoms with Crippen LogP contribution in [0.5, 0.6) is 0 Å². The van der Waals surface area contributed by atoms with Crippen LogP contribution < -0.4 is 5.32 Å². The molecule has 6 heteroatoms. The van der Waals surface area contributed by atoms with Crippen molar-refractivity contribution < 1.29 is 19.4 Å². The number of methoxy groups -OCH3 is 1. The second-order valence-corrected chi connectivity index (χ2v) is 4.20. The second-order valence-electron chi connectivity index (χ2n) is 4.20. The van der Waals surface area contributed by atoms with E-state index in [1.807, 2.05) is 12.1 Å². The van der Waals surface area contributed by atoms with Crippen LogP contribution in [-0.2, 0) is 9.53 Å². The van der Waals surface area contributed by atoms with Crippen molar-refractivity contribution in [1.29, 1.82) is 0 Å². The molecule has 1 unspecified atom stereocenters. The van der Waals surface area contributed by atoms with Crippen LogP contribution >= 0.6 is 0 Å². The maximum atomic E-state index is 12.2. The minimum Gasteiger partial charge on any atom is -0.480 e. The van der Waals surface area contributed by atoms with Gasteiger partial charge in [-0.3, -0.25) is 9.78 Å². The Morgan fingerprint density at radius 3 is 2.80 bits per heavy atom. The number of pyridine rings is 1. The molecule has 2 N–H and O–H groups in total. The van der Waals surface area contributed by atoms with Crippen LogP contribution in [-0.4, -0.2) is 41.7 Å². The summed E-state index contributed by atoms with van der Waals surface area (Å²) in [5.41, 5.74) is 0.199. The van der Waals surface area contributed by atoms with Gasteiger partial charge in [-0.1, -0.05) is 24.3 Å². The molecule has 1 amide bonds.